The molecule has 1 N–H and O–H groups in total. The third-order valence-corrected chi connectivity index (χ3v) is 4.56. The van der Waals surface area contributed by atoms with Gasteiger partial charge in [-0.15, -0.1) is 0 Å². The molecular weight excluding hydrogens is 284 g/mol. The van der Waals surface area contributed by atoms with E-state index in [1.807, 2.05) is 6.92 Å². The Morgan fingerprint density at radius 2 is 2.20 bits per heavy atom. The molecule has 1 heterocycles. The number of nitrogens with zero attached hydrogens (tertiary/aromatic N) is 3. The summed E-state index contributed by atoms with van der Waals surface area (Å²) in [6.45, 7) is 2.08. The highest BCUT2D eigenvalue weighted by Crippen LogP contribution is 2.06. The van der Waals surface area contributed by atoms with Gasteiger partial charge in [0.1, 0.15) is 0 Å². The predicted molar refractivity (Wildman–Crippen MR) is 73.0 cm³/mol. The molecule has 1 rings (SSSR count). The van der Waals surface area contributed by atoms with Gasteiger partial charge in [-0.25, -0.2) is 0 Å². The van der Waals surface area contributed by atoms with E-state index in [9.17, 15) is 13.2 Å². The summed E-state index contributed by atoms with van der Waals surface area (Å²) in [5.41, 5.74) is 1.70. The van der Waals surface area contributed by atoms with E-state index in [0.717, 1.165) is 15.6 Å². The first kappa shape index (κ1) is 16.6. The Morgan fingerprint density at radius 1 is 1.55 bits per heavy atom. The second kappa shape index (κ2) is 6.82. The van der Waals surface area contributed by atoms with E-state index >= 15 is 0 Å². The number of hydrogen-bond acceptors (Lipinski definition) is 5. The molecule has 0 radical (unpaired) electrons. The summed E-state index contributed by atoms with van der Waals surface area (Å²) in [4.78, 5) is 11.0. The molecule has 0 aromatic carbocycles. The Labute approximate surface area is 118 Å². The molecule has 0 saturated heterocycles. The molecule has 0 saturated carbocycles. The van der Waals surface area contributed by atoms with Crippen LogP contribution in [0.3, 0.4) is 0 Å². The van der Waals surface area contributed by atoms with Gasteiger partial charge in [0.15, 0.2) is 0 Å². The van der Waals surface area contributed by atoms with E-state index in [1.165, 1.54) is 14.2 Å². The molecule has 0 unspecified atom stereocenters. The molecule has 0 aliphatic heterocycles. The molecule has 0 amide bonds. The number of rotatable bonds is 7. The first-order valence-electron chi connectivity index (χ1n) is 6.03. The van der Waals surface area contributed by atoms with Crippen molar-refractivity contribution in [3.8, 4) is 0 Å². The number of aryl methyl sites for hydroxylation is 1. The van der Waals surface area contributed by atoms with Crippen LogP contribution < -0.4 is 4.72 Å². The van der Waals surface area contributed by atoms with Crippen LogP contribution in [0.5, 0.6) is 0 Å². The molecule has 114 valence electrons. The summed E-state index contributed by atoms with van der Waals surface area (Å²) < 4.78 is 33.6. The number of ether oxygens (including phenoxy) is 1. The van der Waals surface area contributed by atoms with Crippen LogP contribution >= 0.6 is 0 Å². The maximum atomic E-state index is 12.0. The minimum Gasteiger partial charge on any atom is -0.469 e. The van der Waals surface area contributed by atoms with Gasteiger partial charge >= 0.3 is 5.97 Å². The summed E-state index contributed by atoms with van der Waals surface area (Å²) in [7, 11) is 0.824. The van der Waals surface area contributed by atoms with Crippen molar-refractivity contribution in [3.63, 3.8) is 0 Å². The van der Waals surface area contributed by atoms with E-state index in [2.05, 4.69) is 14.6 Å². The Kier molecular flexibility index (Phi) is 5.66. The standard InChI is InChI=1S/C11H20N4O4S/c1-9-10(7-12-15(9)3)8-13-20(17,18)14(2)6-5-11(16)19-4/h7,13H,5-6,8H2,1-4H3. The molecule has 0 spiro atoms. The van der Waals surface area contributed by atoms with E-state index in [-0.39, 0.29) is 19.5 Å². The highest BCUT2D eigenvalue weighted by atomic mass is 32.2. The van der Waals surface area contributed by atoms with Gasteiger partial charge < -0.3 is 4.74 Å². The monoisotopic (exact) mass is 304 g/mol. The lowest BCUT2D eigenvalue weighted by molar-refractivity contribution is -0.140. The van der Waals surface area contributed by atoms with Crippen molar-refractivity contribution in [2.45, 2.75) is 19.9 Å². The van der Waals surface area contributed by atoms with Crippen LogP contribution in [0, 0.1) is 6.92 Å². The second-order valence-electron chi connectivity index (χ2n) is 4.35. The smallest absolute Gasteiger partial charge is 0.306 e. The van der Waals surface area contributed by atoms with Gasteiger partial charge in [0.25, 0.3) is 10.2 Å². The highest BCUT2D eigenvalue weighted by molar-refractivity contribution is 7.87. The van der Waals surface area contributed by atoms with Crippen molar-refractivity contribution in [1.29, 1.82) is 0 Å². The van der Waals surface area contributed by atoms with Crippen LogP contribution in [-0.4, -0.2) is 49.2 Å². The topological polar surface area (TPSA) is 93.5 Å². The molecule has 0 atom stereocenters. The molecule has 0 fully saturated rings. The molecule has 9 heteroatoms. The Hall–Kier alpha value is -1.45. The average Bonchev–Trinajstić information content (AvgIpc) is 2.73. The zero-order chi connectivity index (χ0) is 15.3. The zero-order valence-corrected chi connectivity index (χ0v) is 12.9. The van der Waals surface area contributed by atoms with Crippen LogP contribution in [0.15, 0.2) is 6.20 Å². The molecule has 20 heavy (non-hydrogen) atoms. The minimum absolute atomic E-state index is 0.0137. The third-order valence-electron chi connectivity index (χ3n) is 3.05. The second-order valence-corrected chi connectivity index (χ2v) is 6.21. The lowest BCUT2D eigenvalue weighted by Crippen LogP contribution is -2.39. The van der Waals surface area contributed by atoms with Crippen LogP contribution in [0.25, 0.3) is 0 Å². The van der Waals surface area contributed by atoms with E-state index in [0.29, 0.717) is 0 Å². The maximum absolute atomic E-state index is 12.0. The quantitative estimate of drug-likeness (QED) is 0.689. The molecule has 1 aromatic heterocycles. The van der Waals surface area contributed by atoms with Crippen LogP contribution in [0.2, 0.25) is 0 Å². The van der Waals surface area contributed by atoms with Crippen molar-refractivity contribution >= 4 is 16.2 Å². The van der Waals surface area contributed by atoms with Gasteiger partial charge in [0.05, 0.1) is 19.7 Å². The summed E-state index contributed by atoms with van der Waals surface area (Å²) in [5.74, 6) is -0.449. The number of carbonyl (C=O) groups is 1. The normalized spacial score (nSPS) is 11.8. The molecule has 0 aliphatic rings. The number of methoxy groups -OCH3 is 1. The fourth-order valence-corrected chi connectivity index (χ4v) is 2.36. The van der Waals surface area contributed by atoms with E-state index in [4.69, 9.17) is 0 Å². The van der Waals surface area contributed by atoms with Crippen molar-refractivity contribution in [1.82, 2.24) is 18.8 Å². The summed E-state index contributed by atoms with van der Waals surface area (Å²) in [5, 5.41) is 4.04. The lowest BCUT2D eigenvalue weighted by atomic mass is 10.3. The van der Waals surface area contributed by atoms with Crippen LogP contribution in [-0.2, 0) is 33.3 Å². The van der Waals surface area contributed by atoms with Crippen LogP contribution in [0.4, 0.5) is 0 Å². The Morgan fingerprint density at radius 3 is 2.70 bits per heavy atom. The fourth-order valence-electron chi connectivity index (χ4n) is 1.47. The van der Waals surface area contributed by atoms with Gasteiger partial charge in [-0.1, -0.05) is 0 Å². The van der Waals surface area contributed by atoms with E-state index in [1.54, 1.807) is 17.9 Å². The zero-order valence-electron chi connectivity index (χ0n) is 12.1. The Balaban J connectivity index is 2.56. The van der Waals surface area contributed by atoms with Gasteiger partial charge in [-0.05, 0) is 6.92 Å². The molecule has 0 aliphatic carbocycles. The van der Waals surface area contributed by atoms with Crippen molar-refractivity contribution < 1.29 is 17.9 Å². The summed E-state index contributed by atoms with van der Waals surface area (Å²) in [6.07, 6.45) is 1.63. The predicted octanol–water partition coefficient (Wildman–Crippen LogP) is -0.442. The lowest BCUT2D eigenvalue weighted by Gasteiger charge is -2.17. The first-order valence-corrected chi connectivity index (χ1v) is 7.47. The molecule has 8 nitrogen and oxygen atoms in total. The largest absolute Gasteiger partial charge is 0.469 e. The minimum atomic E-state index is -3.63. The number of hydrogen-bond donors (Lipinski definition) is 1. The number of esters is 1. The van der Waals surface area contributed by atoms with Crippen molar-refractivity contribution in [3.05, 3.63) is 17.5 Å². The SMILES string of the molecule is COC(=O)CCN(C)S(=O)(=O)NCc1cnn(C)c1C. The molecule has 0 bridgehead atoms. The van der Waals surface area contributed by atoms with Crippen LogP contribution in [0.1, 0.15) is 17.7 Å². The number of carbonyl (C=O) groups excluding carboxylic acids is 1. The summed E-state index contributed by atoms with van der Waals surface area (Å²) in [6, 6.07) is 0. The molecular formula is C11H20N4O4S. The number of aromatic nitrogens is 2. The highest BCUT2D eigenvalue weighted by Gasteiger charge is 2.19. The van der Waals surface area contributed by atoms with Gasteiger partial charge in [0, 0.05) is 38.4 Å². The van der Waals surface area contributed by atoms with Crippen molar-refractivity contribution in [2.24, 2.45) is 7.05 Å². The first-order chi connectivity index (χ1) is 9.27. The Bertz CT molecular complexity index is 567. The third kappa shape index (κ3) is 4.29. The van der Waals surface area contributed by atoms with Crippen molar-refractivity contribution in [2.75, 3.05) is 20.7 Å². The number of nitrogens with one attached hydrogen (secondary N) is 1. The maximum Gasteiger partial charge on any atom is 0.306 e. The van der Waals surface area contributed by atoms with Gasteiger partial charge in [-0.3, -0.25) is 9.48 Å². The summed E-state index contributed by atoms with van der Waals surface area (Å²) >= 11 is 0. The molecule has 1 aromatic rings. The average molecular weight is 304 g/mol. The fraction of sp³-hybridized carbons (Fsp3) is 0.636. The van der Waals surface area contributed by atoms with E-state index < -0.39 is 16.2 Å². The van der Waals surface area contributed by atoms with Gasteiger partial charge in [-0.2, -0.15) is 22.5 Å². The van der Waals surface area contributed by atoms with Gasteiger partial charge in [0.2, 0.25) is 0 Å².